The normalized spacial score (nSPS) is 19.7. The number of amides is 1. The van der Waals surface area contributed by atoms with Gasteiger partial charge in [0.15, 0.2) is 0 Å². The molecule has 1 aromatic heterocycles. The highest BCUT2D eigenvalue weighted by atomic mass is 35.5. The van der Waals surface area contributed by atoms with Crippen LogP contribution in [0.1, 0.15) is 5.56 Å². The van der Waals surface area contributed by atoms with Crippen molar-refractivity contribution in [2.75, 3.05) is 44.3 Å². The van der Waals surface area contributed by atoms with Crippen molar-refractivity contribution in [1.29, 1.82) is 0 Å². The van der Waals surface area contributed by atoms with E-state index in [-0.39, 0.29) is 22.7 Å². The maximum Gasteiger partial charge on any atom is 0.417 e. The number of halogens is 4. The molecule has 9 heteroatoms. The predicted octanol–water partition coefficient (Wildman–Crippen LogP) is 2.05. The molecule has 2 aliphatic rings. The minimum absolute atomic E-state index is 0.0487. The largest absolute Gasteiger partial charge is 0.417 e. The first kappa shape index (κ1) is 16.3. The lowest BCUT2D eigenvalue weighted by molar-refractivity contribution is -0.140. The molecule has 2 fully saturated rings. The first-order valence-corrected chi connectivity index (χ1v) is 7.58. The van der Waals surface area contributed by atoms with Crippen molar-refractivity contribution in [3.8, 4) is 0 Å². The van der Waals surface area contributed by atoms with Gasteiger partial charge in [0.2, 0.25) is 5.91 Å². The van der Waals surface area contributed by atoms with Crippen molar-refractivity contribution in [1.82, 2.24) is 9.88 Å². The molecule has 0 spiro atoms. The second kappa shape index (κ2) is 6.16. The summed E-state index contributed by atoms with van der Waals surface area (Å²) in [6, 6.07) is 0.862. The molecular weight excluding hydrogens is 335 g/mol. The number of aromatic nitrogens is 1. The Morgan fingerprint density at radius 2 is 1.96 bits per heavy atom. The quantitative estimate of drug-likeness (QED) is 0.820. The summed E-state index contributed by atoms with van der Waals surface area (Å²) in [6.07, 6.45) is -3.71. The maximum absolute atomic E-state index is 12.6. The number of carbonyl (C=O) groups excluding carboxylic acids is 1. The van der Waals surface area contributed by atoms with E-state index in [1.807, 2.05) is 0 Å². The van der Waals surface area contributed by atoms with Gasteiger partial charge in [-0.15, -0.1) is 0 Å². The van der Waals surface area contributed by atoms with Gasteiger partial charge in [0.25, 0.3) is 0 Å². The van der Waals surface area contributed by atoms with E-state index in [0.29, 0.717) is 39.4 Å². The van der Waals surface area contributed by atoms with E-state index < -0.39 is 11.7 Å². The summed E-state index contributed by atoms with van der Waals surface area (Å²) in [4.78, 5) is 19.5. The van der Waals surface area contributed by atoms with Crippen molar-refractivity contribution in [2.45, 2.75) is 6.18 Å². The third-order valence-corrected chi connectivity index (χ3v) is 4.28. The Morgan fingerprint density at radius 3 is 2.52 bits per heavy atom. The Hall–Kier alpha value is -1.54. The molecule has 3 heterocycles. The molecule has 0 radical (unpaired) electrons. The molecule has 3 rings (SSSR count). The Kier molecular flexibility index (Phi) is 4.37. The fourth-order valence-corrected chi connectivity index (χ4v) is 2.95. The van der Waals surface area contributed by atoms with Crippen molar-refractivity contribution in [2.24, 2.45) is 5.92 Å². The summed E-state index contributed by atoms with van der Waals surface area (Å²) in [5, 5.41) is -0.0582. The number of anilines is 1. The zero-order valence-electron chi connectivity index (χ0n) is 12.1. The number of pyridine rings is 1. The van der Waals surface area contributed by atoms with E-state index in [2.05, 4.69) is 4.98 Å². The minimum atomic E-state index is -4.47. The van der Waals surface area contributed by atoms with Crippen LogP contribution in [-0.4, -0.2) is 55.2 Å². The van der Waals surface area contributed by atoms with Crippen molar-refractivity contribution < 1.29 is 22.7 Å². The molecule has 0 bridgehead atoms. The molecule has 5 nitrogen and oxygen atoms in total. The molecule has 2 aliphatic heterocycles. The van der Waals surface area contributed by atoms with E-state index in [1.54, 1.807) is 9.80 Å². The van der Waals surface area contributed by atoms with Gasteiger partial charge in [0.1, 0.15) is 5.82 Å². The van der Waals surface area contributed by atoms with Crippen LogP contribution in [0, 0.1) is 5.92 Å². The number of carbonyl (C=O) groups is 1. The lowest BCUT2D eigenvalue weighted by Gasteiger charge is -2.42. The molecule has 0 atom stereocenters. The average Bonchev–Trinajstić information content (AvgIpc) is 2.47. The Balaban J connectivity index is 1.62. The van der Waals surface area contributed by atoms with Gasteiger partial charge in [-0.3, -0.25) is 4.79 Å². The fraction of sp³-hybridized carbons (Fsp3) is 0.571. The second-order valence-corrected chi connectivity index (χ2v) is 5.97. The Bertz CT molecular complexity index is 599. The van der Waals surface area contributed by atoms with Gasteiger partial charge in [0, 0.05) is 32.4 Å². The van der Waals surface area contributed by atoms with Crippen LogP contribution in [0.3, 0.4) is 0 Å². The summed E-state index contributed by atoms with van der Waals surface area (Å²) in [6.45, 7) is 3.05. The number of nitrogens with zero attached hydrogens (tertiary/aromatic N) is 3. The van der Waals surface area contributed by atoms with Gasteiger partial charge in [-0.05, 0) is 6.07 Å². The number of ether oxygens (including phenoxy) is 1. The number of hydrogen-bond donors (Lipinski definition) is 0. The first-order chi connectivity index (χ1) is 10.9. The second-order valence-electron chi connectivity index (χ2n) is 5.57. The summed E-state index contributed by atoms with van der Waals surface area (Å²) in [7, 11) is 0. The summed E-state index contributed by atoms with van der Waals surface area (Å²) >= 11 is 5.90. The number of rotatable bonds is 2. The van der Waals surface area contributed by atoms with E-state index >= 15 is 0 Å². The Morgan fingerprint density at radius 1 is 1.30 bits per heavy atom. The zero-order valence-corrected chi connectivity index (χ0v) is 12.9. The average molecular weight is 350 g/mol. The lowest BCUT2D eigenvalue weighted by atomic mass is 9.98. The summed E-state index contributed by atoms with van der Waals surface area (Å²) < 4.78 is 43.0. The Labute approximate surface area is 136 Å². The van der Waals surface area contributed by atoms with E-state index in [9.17, 15) is 18.0 Å². The molecule has 0 aliphatic carbocycles. The van der Waals surface area contributed by atoms with Gasteiger partial charge in [-0.1, -0.05) is 11.6 Å². The van der Waals surface area contributed by atoms with Crippen LogP contribution >= 0.6 is 11.6 Å². The zero-order chi connectivity index (χ0) is 16.6. The number of hydrogen-bond acceptors (Lipinski definition) is 4. The number of alkyl halides is 3. The summed E-state index contributed by atoms with van der Waals surface area (Å²) in [5.74, 6) is 0.159. The van der Waals surface area contributed by atoms with Crippen LogP contribution in [0.4, 0.5) is 19.0 Å². The van der Waals surface area contributed by atoms with Gasteiger partial charge >= 0.3 is 6.18 Å². The van der Waals surface area contributed by atoms with E-state index in [0.717, 1.165) is 12.3 Å². The summed E-state index contributed by atoms with van der Waals surface area (Å²) in [5.41, 5.74) is -0.882. The van der Waals surface area contributed by atoms with Crippen molar-refractivity contribution in [3.63, 3.8) is 0 Å². The van der Waals surface area contributed by atoms with Gasteiger partial charge < -0.3 is 14.5 Å². The van der Waals surface area contributed by atoms with Crippen LogP contribution in [-0.2, 0) is 15.7 Å². The highest BCUT2D eigenvalue weighted by molar-refractivity contribution is 6.33. The minimum Gasteiger partial charge on any atom is -0.378 e. The highest BCUT2D eigenvalue weighted by Crippen LogP contribution is 2.35. The van der Waals surface area contributed by atoms with Crippen molar-refractivity contribution in [3.05, 3.63) is 22.8 Å². The predicted molar refractivity (Wildman–Crippen MR) is 77.4 cm³/mol. The fourth-order valence-electron chi connectivity index (χ4n) is 2.67. The molecule has 2 saturated heterocycles. The van der Waals surface area contributed by atoms with E-state index in [4.69, 9.17) is 16.3 Å². The van der Waals surface area contributed by atoms with Crippen LogP contribution < -0.4 is 4.90 Å². The van der Waals surface area contributed by atoms with Gasteiger partial charge in [0.05, 0.1) is 29.7 Å². The molecule has 1 amide bonds. The van der Waals surface area contributed by atoms with Gasteiger partial charge in [-0.2, -0.15) is 13.2 Å². The van der Waals surface area contributed by atoms with Crippen LogP contribution in [0.5, 0.6) is 0 Å². The lowest BCUT2D eigenvalue weighted by Crippen LogP contribution is -2.56. The molecule has 0 unspecified atom stereocenters. The molecule has 0 N–H and O–H groups in total. The smallest absolute Gasteiger partial charge is 0.378 e. The first-order valence-electron chi connectivity index (χ1n) is 7.20. The molecule has 1 aromatic rings. The van der Waals surface area contributed by atoms with Crippen LogP contribution in [0.15, 0.2) is 12.3 Å². The molecular formula is C14H15ClF3N3O2. The topological polar surface area (TPSA) is 45.7 Å². The van der Waals surface area contributed by atoms with Crippen LogP contribution in [0.2, 0.25) is 5.02 Å². The monoisotopic (exact) mass is 349 g/mol. The molecule has 0 saturated carbocycles. The molecule has 0 aromatic carbocycles. The highest BCUT2D eigenvalue weighted by Gasteiger charge is 2.38. The molecule has 126 valence electrons. The maximum atomic E-state index is 12.6. The van der Waals surface area contributed by atoms with Gasteiger partial charge in [-0.25, -0.2) is 4.98 Å². The number of morpholine rings is 1. The standard InChI is InChI=1S/C14H15ClF3N3O2/c15-11-5-10(14(16,17)18)6-19-12(11)21-7-9(8-21)13(22)20-1-3-23-4-2-20/h5-6,9H,1-4,7-8H2. The molecule has 23 heavy (non-hydrogen) atoms. The van der Waals surface area contributed by atoms with E-state index in [1.165, 1.54) is 0 Å². The van der Waals surface area contributed by atoms with Crippen LogP contribution in [0.25, 0.3) is 0 Å². The SMILES string of the molecule is O=C(C1CN(c2ncc(C(F)(F)F)cc2Cl)C1)N1CCOCC1. The third-order valence-electron chi connectivity index (χ3n) is 4.00. The third kappa shape index (κ3) is 3.37. The van der Waals surface area contributed by atoms with Crippen molar-refractivity contribution >= 4 is 23.3 Å².